The van der Waals surface area contributed by atoms with Gasteiger partial charge in [-0.2, -0.15) is 0 Å². The molecule has 0 bridgehead atoms. The first-order valence-electron chi connectivity index (χ1n) is 10.1. The molecule has 1 amide bonds. The first-order valence-corrected chi connectivity index (χ1v) is 11.1. The van der Waals surface area contributed by atoms with Crippen LogP contribution in [-0.4, -0.2) is 26.4 Å². The fraction of sp³-hybridized carbons (Fsp3) is 0.348. The maximum Gasteiger partial charge on any atom is 0.234 e. The highest BCUT2D eigenvalue weighted by atomic mass is 32.2. The van der Waals surface area contributed by atoms with Crippen LogP contribution < -0.4 is 10.6 Å². The van der Waals surface area contributed by atoms with Gasteiger partial charge in [-0.3, -0.25) is 4.79 Å². The number of carbonyl (C=O) groups is 1. The number of benzene rings is 2. The Morgan fingerprint density at radius 3 is 2.30 bits per heavy atom. The van der Waals surface area contributed by atoms with E-state index in [9.17, 15) is 4.79 Å². The number of amides is 1. The van der Waals surface area contributed by atoms with Gasteiger partial charge in [0.05, 0.1) is 12.3 Å². The quantitative estimate of drug-likeness (QED) is 0.506. The van der Waals surface area contributed by atoms with E-state index in [1.54, 1.807) is 0 Å². The van der Waals surface area contributed by atoms with Crippen molar-refractivity contribution in [3.63, 3.8) is 0 Å². The summed E-state index contributed by atoms with van der Waals surface area (Å²) in [6.45, 7) is 11.6. The molecule has 0 saturated carbocycles. The maximum atomic E-state index is 12.5. The third-order valence-corrected chi connectivity index (χ3v) is 5.85. The lowest BCUT2D eigenvalue weighted by atomic mass is 10.1. The number of hydrogen-bond donors (Lipinski definition) is 2. The Hall–Kier alpha value is -2.80. The average molecular weight is 424 g/mol. The molecule has 0 spiro atoms. The zero-order valence-corrected chi connectivity index (χ0v) is 19.1. The number of anilines is 2. The topological polar surface area (TPSA) is 71.8 Å². The zero-order valence-electron chi connectivity index (χ0n) is 18.2. The van der Waals surface area contributed by atoms with Crippen LogP contribution in [0.2, 0.25) is 0 Å². The van der Waals surface area contributed by atoms with Gasteiger partial charge in [0.2, 0.25) is 5.91 Å². The van der Waals surface area contributed by atoms with E-state index in [1.807, 2.05) is 18.4 Å². The lowest BCUT2D eigenvalue weighted by molar-refractivity contribution is -0.113. The second-order valence-electron chi connectivity index (χ2n) is 7.47. The number of nitrogens with zero attached hydrogens (tertiary/aromatic N) is 3. The van der Waals surface area contributed by atoms with Crippen molar-refractivity contribution in [3.05, 3.63) is 64.5 Å². The summed E-state index contributed by atoms with van der Waals surface area (Å²) in [5.41, 5.74) is 6.51. The van der Waals surface area contributed by atoms with Crippen molar-refractivity contribution in [2.75, 3.05) is 16.4 Å². The van der Waals surface area contributed by atoms with E-state index < -0.39 is 0 Å². The van der Waals surface area contributed by atoms with Crippen molar-refractivity contribution in [1.29, 1.82) is 0 Å². The number of carbonyl (C=O) groups excluding carboxylic acids is 1. The van der Waals surface area contributed by atoms with Crippen LogP contribution in [0.1, 0.15) is 35.0 Å². The molecule has 30 heavy (non-hydrogen) atoms. The predicted octanol–water partition coefficient (Wildman–Crippen LogP) is 4.87. The number of nitrogens with one attached hydrogen (secondary N) is 2. The van der Waals surface area contributed by atoms with E-state index in [4.69, 9.17) is 0 Å². The van der Waals surface area contributed by atoms with Crippen molar-refractivity contribution in [2.45, 2.75) is 52.9 Å². The molecule has 2 aromatic carbocycles. The molecule has 0 atom stereocenters. The fourth-order valence-electron chi connectivity index (χ4n) is 3.41. The van der Waals surface area contributed by atoms with Gasteiger partial charge < -0.3 is 15.2 Å². The molecule has 158 valence electrons. The molecule has 2 N–H and O–H groups in total. The first-order chi connectivity index (χ1) is 14.4. The van der Waals surface area contributed by atoms with Crippen molar-refractivity contribution < 1.29 is 4.79 Å². The molecule has 7 heteroatoms. The van der Waals surface area contributed by atoms with Crippen LogP contribution in [0.3, 0.4) is 0 Å². The van der Waals surface area contributed by atoms with Gasteiger partial charge >= 0.3 is 0 Å². The molecule has 1 heterocycles. The molecule has 0 saturated heterocycles. The molecule has 0 unspecified atom stereocenters. The Kier molecular flexibility index (Phi) is 7.15. The summed E-state index contributed by atoms with van der Waals surface area (Å²) >= 11 is 1.41. The number of aryl methyl sites for hydroxylation is 4. The van der Waals surface area contributed by atoms with Crippen LogP contribution in [0.4, 0.5) is 11.4 Å². The molecule has 3 rings (SSSR count). The molecule has 1 aromatic heterocycles. The summed E-state index contributed by atoms with van der Waals surface area (Å²) in [6, 6.07) is 12.4. The van der Waals surface area contributed by atoms with E-state index in [-0.39, 0.29) is 11.7 Å². The summed E-state index contributed by atoms with van der Waals surface area (Å²) in [5.74, 6) is 1.10. The Bertz CT molecular complexity index is 1000. The highest BCUT2D eigenvalue weighted by Gasteiger charge is 2.14. The van der Waals surface area contributed by atoms with Crippen molar-refractivity contribution in [1.82, 2.24) is 14.8 Å². The van der Waals surface area contributed by atoms with E-state index in [0.29, 0.717) is 6.54 Å². The van der Waals surface area contributed by atoms with Gasteiger partial charge in [0, 0.05) is 17.9 Å². The molecule has 0 aliphatic heterocycles. The minimum absolute atomic E-state index is 0.0416. The lowest BCUT2D eigenvalue weighted by Gasteiger charge is -2.13. The molecule has 6 nitrogen and oxygen atoms in total. The minimum Gasteiger partial charge on any atom is -0.378 e. The monoisotopic (exact) mass is 423 g/mol. The number of rotatable bonds is 8. The molecule has 0 fully saturated rings. The summed E-state index contributed by atoms with van der Waals surface area (Å²) in [7, 11) is 0. The fourth-order valence-corrected chi connectivity index (χ4v) is 4.23. The Morgan fingerprint density at radius 1 is 1.00 bits per heavy atom. The molecule has 0 aliphatic rings. The van der Waals surface area contributed by atoms with Crippen molar-refractivity contribution in [3.8, 4) is 0 Å². The second kappa shape index (κ2) is 9.80. The van der Waals surface area contributed by atoms with Gasteiger partial charge in [-0.1, -0.05) is 47.2 Å². The molecular formula is C23H29N5OS. The smallest absolute Gasteiger partial charge is 0.234 e. The van der Waals surface area contributed by atoms with Gasteiger partial charge in [0.1, 0.15) is 0 Å². The van der Waals surface area contributed by atoms with Gasteiger partial charge in [-0.05, 0) is 57.9 Å². The van der Waals surface area contributed by atoms with E-state index in [0.717, 1.165) is 40.0 Å². The van der Waals surface area contributed by atoms with E-state index in [1.165, 1.54) is 22.9 Å². The zero-order chi connectivity index (χ0) is 21.7. The Balaban J connectivity index is 1.60. The third kappa shape index (κ3) is 5.42. The highest BCUT2D eigenvalue weighted by Crippen LogP contribution is 2.23. The van der Waals surface area contributed by atoms with Crippen LogP contribution in [-0.2, 0) is 17.9 Å². The number of hydrogen-bond acceptors (Lipinski definition) is 5. The van der Waals surface area contributed by atoms with Crippen molar-refractivity contribution in [2.24, 2.45) is 0 Å². The molecule has 0 radical (unpaired) electrons. The number of thioether (sulfide) groups is 1. The number of aromatic nitrogens is 3. The summed E-state index contributed by atoms with van der Waals surface area (Å²) < 4.78 is 2.04. The highest BCUT2D eigenvalue weighted by molar-refractivity contribution is 7.99. The molecule has 3 aromatic rings. The normalized spacial score (nSPS) is 10.8. The van der Waals surface area contributed by atoms with E-state index in [2.05, 4.69) is 78.0 Å². The maximum absolute atomic E-state index is 12.5. The van der Waals surface area contributed by atoms with Crippen LogP contribution in [0.5, 0.6) is 0 Å². The van der Waals surface area contributed by atoms with Crippen LogP contribution in [0.25, 0.3) is 0 Å². The minimum atomic E-state index is -0.0416. The lowest BCUT2D eigenvalue weighted by Crippen LogP contribution is -2.16. The molecular weight excluding hydrogens is 394 g/mol. The summed E-state index contributed by atoms with van der Waals surface area (Å²) in [4.78, 5) is 12.5. The van der Waals surface area contributed by atoms with Crippen LogP contribution in [0.15, 0.2) is 41.6 Å². The second-order valence-corrected chi connectivity index (χ2v) is 8.42. The van der Waals surface area contributed by atoms with Crippen LogP contribution in [0, 0.1) is 27.7 Å². The van der Waals surface area contributed by atoms with Crippen LogP contribution >= 0.6 is 11.8 Å². The predicted molar refractivity (Wildman–Crippen MR) is 124 cm³/mol. The van der Waals surface area contributed by atoms with Gasteiger partial charge in [0.15, 0.2) is 11.0 Å². The standard InChI is InChI=1S/C23H29N5OS/c1-6-28-20(13-24-19-9-7-15(2)8-10-19)26-27-23(28)30-14-21(29)25-22-17(4)11-16(3)12-18(22)5/h7-12,24H,6,13-14H2,1-5H3,(H,25,29). The third-order valence-electron chi connectivity index (χ3n) is 4.89. The largest absolute Gasteiger partial charge is 0.378 e. The summed E-state index contributed by atoms with van der Waals surface area (Å²) in [5, 5.41) is 15.8. The van der Waals surface area contributed by atoms with Gasteiger partial charge in [0.25, 0.3) is 0 Å². The van der Waals surface area contributed by atoms with Crippen molar-refractivity contribution >= 4 is 29.0 Å². The SMILES string of the molecule is CCn1c(CNc2ccc(C)cc2)nnc1SCC(=O)Nc1c(C)cc(C)cc1C. The first kappa shape index (κ1) is 21.9. The molecule has 0 aliphatic carbocycles. The Labute approximate surface area is 182 Å². The summed E-state index contributed by atoms with van der Waals surface area (Å²) in [6.07, 6.45) is 0. The van der Waals surface area contributed by atoms with Gasteiger partial charge in [-0.25, -0.2) is 0 Å². The average Bonchev–Trinajstić information content (AvgIpc) is 3.10. The van der Waals surface area contributed by atoms with Gasteiger partial charge in [-0.15, -0.1) is 10.2 Å². The van der Waals surface area contributed by atoms with E-state index >= 15 is 0 Å². The Morgan fingerprint density at radius 2 is 1.67 bits per heavy atom.